The standard InChI is InChI=1S/C15H27N3O/c1-2-18-11-13(10-17-18)14(19)15(12-16)8-6-4-3-5-7-9-15/h10-11,14,19H,2-9,12,16H2,1H3. The van der Waals surface area contributed by atoms with Crippen LogP contribution >= 0.6 is 0 Å². The van der Waals surface area contributed by atoms with E-state index in [4.69, 9.17) is 5.73 Å². The predicted octanol–water partition coefficient (Wildman–Crippen LogP) is 2.63. The molecule has 0 saturated heterocycles. The van der Waals surface area contributed by atoms with Crippen molar-refractivity contribution >= 4 is 0 Å². The molecule has 1 fully saturated rings. The number of rotatable bonds is 4. The van der Waals surface area contributed by atoms with Crippen LogP contribution in [0.15, 0.2) is 12.4 Å². The second kappa shape index (κ2) is 6.53. The Bertz CT molecular complexity index is 380. The van der Waals surface area contributed by atoms with Gasteiger partial charge in [0.1, 0.15) is 0 Å². The maximum Gasteiger partial charge on any atom is 0.0888 e. The minimum atomic E-state index is -0.476. The summed E-state index contributed by atoms with van der Waals surface area (Å²) in [5.74, 6) is 0. The Morgan fingerprint density at radius 3 is 2.47 bits per heavy atom. The molecule has 19 heavy (non-hydrogen) atoms. The summed E-state index contributed by atoms with van der Waals surface area (Å²) in [6.07, 6.45) is 11.5. The van der Waals surface area contributed by atoms with Gasteiger partial charge in [-0.25, -0.2) is 0 Å². The molecule has 4 nitrogen and oxygen atoms in total. The van der Waals surface area contributed by atoms with Crippen LogP contribution in [0.1, 0.15) is 63.5 Å². The molecule has 1 saturated carbocycles. The Balaban J connectivity index is 2.17. The van der Waals surface area contributed by atoms with Crippen molar-refractivity contribution in [2.45, 2.75) is 64.5 Å². The monoisotopic (exact) mass is 265 g/mol. The van der Waals surface area contributed by atoms with Gasteiger partial charge in [-0.15, -0.1) is 0 Å². The van der Waals surface area contributed by atoms with Crippen molar-refractivity contribution in [3.63, 3.8) is 0 Å². The van der Waals surface area contributed by atoms with E-state index in [1.54, 1.807) is 6.20 Å². The largest absolute Gasteiger partial charge is 0.388 e. The van der Waals surface area contributed by atoms with E-state index in [1.807, 2.05) is 10.9 Å². The Morgan fingerprint density at radius 1 is 1.32 bits per heavy atom. The Labute approximate surface area is 116 Å². The summed E-state index contributed by atoms with van der Waals surface area (Å²) in [7, 11) is 0. The number of aryl methyl sites for hydroxylation is 1. The second-order valence-electron chi connectivity index (χ2n) is 5.87. The van der Waals surface area contributed by atoms with Gasteiger partial charge in [-0.3, -0.25) is 4.68 Å². The molecule has 4 heteroatoms. The first-order valence-corrected chi connectivity index (χ1v) is 7.62. The molecule has 1 aromatic rings. The van der Waals surface area contributed by atoms with Gasteiger partial charge in [0.15, 0.2) is 0 Å². The second-order valence-corrected chi connectivity index (χ2v) is 5.87. The number of aliphatic hydroxyl groups is 1. The van der Waals surface area contributed by atoms with Crippen LogP contribution in [0.3, 0.4) is 0 Å². The van der Waals surface area contributed by atoms with Gasteiger partial charge < -0.3 is 10.8 Å². The summed E-state index contributed by atoms with van der Waals surface area (Å²) in [6, 6.07) is 0. The lowest BCUT2D eigenvalue weighted by atomic mass is 9.70. The van der Waals surface area contributed by atoms with E-state index in [-0.39, 0.29) is 5.41 Å². The Kier molecular flexibility index (Phi) is 4.99. The first-order chi connectivity index (χ1) is 9.22. The molecule has 1 aliphatic carbocycles. The zero-order chi connectivity index (χ0) is 13.7. The van der Waals surface area contributed by atoms with Crippen molar-refractivity contribution < 1.29 is 5.11 Å². The van der Waals surface area contributed by atoms with Crippen LogP contribution in [0.2, 0.25) is 0 Å². The lowest BCUT2D eigenvalue weighted by molar-refractivity contribution is 0.00843. The fourth-order valence-corrected chi connectivity index (χ4v) is 3.25. The number of hydrogen-bond donors (Lipinski definition) is 2. The molecule has 0 spiro atoms. The first kappa shape index (κ1) is 14.5. The molecule has 1 aromatic heterocycles. The van der Waals surface area contributed by atoms with Gasteiger partial charge in [0, 0.05) is 30.3 Å². The van der Waals surface area contributed by atoms with E-state index >= 15 is 0 Å². The molecule has 0 aromatic carbocycles. The van der Waals surface area contributed by atoms with Crippen LogP contribution in [0, 0.1) is 5.41 Å². The van der Waals surface area contributed by atoms with Gasteiger partial charge in [-0.1, -0.05) is 32.1 Å². The maximum atomic E-state index is 10.8. The van der Waals surface area contributed by atoms with E-state index in [0.29, 0.717) is 6.54 Å². The van der Waals surface area contributed by atoms with Gasteiger partial charge in [0.05, 0.1) is 12.3 Å². The Hall–Kier alpha value is -0.870. The van der Waals surface area contributed by atoms with Crippen LogP contribution < -0.4 is 5.73 Å². The van der Waals surface area contributed by atoms with E-state index in [9.17, 15) is 5.11 Å². The summed E-state index contributed by atoms with van der Waals surface area (Å²) in [4.78, 5) is 0. The lowest BCUT2D eigenvalue weighted by Gasteiger charge is -2.38. The molecule has 0 aliphatic heterocycles. The van der Waals surface area contributed by atoms with Crippen molar-refractivity contribution in [3.05, 3.63) is 18.0 Å². The third kappa shape index (κ3) is 3.18. The summed E-state index contributed by atoms with van der Waals surface area (Å²) in [5.41, 5.74) is 6.82. The summed E-state index contributed by atoms with van der Waals surface area (Å²) in [5, 5.41) is 15.1. The molecular formula is C15H27N3O. The number of nitrogens with two attached hydrogens (primary N) is 1. The highest BCUT2D eigenvalue weighted by atomic mass is 16.3. The number of hydrogen-bond acceptors (Lipinski definition) is 3. The molecule has 0 radical (unpaired) electrons. The minimum absolute atomic E-state index is 0.151. The normalized spacial score (nSPS) is 21.6. The van der Waals surface area contributed by atoms with Gasteiger partial charge in [-0.2, -0.15) is 5.10 Å². The molecule has 3 N–H and O–H groups in total. The third-order valence-electron chi connectivity index (χ3n) is 4.63. The van der Waals surface area contributed by atoms with Crippen LogP contribution in [0.25, 0.3) is 0 Å². The first-order valence-electron chi connectivity index (χ1n) is 7.62. The average Bonchev–Trinajstić information content (AvgIpc) is 2.87. The predicted molar refractivity (Wildman–Crippen MR) is 76.7 cm³/mol. The number of aliphatic hydroxyl groups excluding tert-OH is 1. The van der Waals surface area contributed by atoms with Gasteiger partial charge in [0.25, 0.3) is 0 Å². The zero-order valence-corrected chi connectivity index (χ0v) is 12.0. The van der Waals surface area contributed by atoms with Crippen molar-refractivity contribution in [1.29, 1.82) is 0 Å². The van der Waals surface area contributed by atoms with Crippen LogP contribution in [0.5, 0.6) is 0 Å². The molecule has 0 amide bonds. The fourth-order valence-electron chi connectivity index (χ4n) is 3.25. The van der Waals surface area contributed by atoms with Crippen molar-refractivity contribution in [3.8, 4) is 0 Å². The van der Waals surface area contributed by atoms with E-state index in [1.165, 1.54) is 32.1 Å². The number of nitrogens with zero attached hydrogens (tertiary/aromatic N) is 2. The van der Waals surface area contributed by atoms with Crippen molar-refractivity contribution in [2.75, 3.05) is 6.54 Å². The summed E-state index contributed by atoms with van der Waals surface area (Å²) < 4.78 is 1.87. The SMILES string of the molecule is CCn1cc(C(O)C2(CN)CCCCCCC2)cn1. The van der Waals surface area contributed by atoms with Gasteiger partial charge >= 0.3 is 0 Å². The highest BCUT2D eigenvalue weighted by Crippen LogP contribution is 2.43. The minimum Gasteiger partial charge on any atom is -0.388 e. The van der Waals surface area contributed by atoms with E-state index < -0.39 is 6.10 Å². The number of aromatic nitrogens is 2. The van der Waals surface area contributed by atoms with Crippen LogP contribution in [-0.4, -0.2) is 21.4 Å². The summed E-state index contributed by atoms with van der Waals surface area (Å²) in [6.45, 7) is 3.45. The maximum absolute atomic E-state index is 10.8. The third-order valence-corrected chi connectivity index (χ3v) is 4.63. The van der Waals surface area contributed by atoms with Gasteiger partial charge in [0.2, 0.25) is 0 Å². The van der Waals surface area contributed by atoms with Crippen molar-refractivity contribution in [2.24, 2.45) is 11.1 Å². The fraction of sp³-hybridized carbons (Fsp3) is 0.800. The zero-order valence-electron chi connectivity index (χ0n) is 12.0. The lowest BCUT2D eigenvalue weighted by Crippen LogP contribution is -2.37. The highest BCUT2D eigenvalue weighted by Gasteiger charge is 2.37. The van der Waals surface area contributed by atoms with Crippen LogP contribution in [-0.2, 0) is 6.54 Å². The van der Waals surface area contributed by atoms with Crippen LogP contribution in [0.4, 0.5) is 0 Å². The molecule has 108 valence electrons. The molecular weight excluding hydrogens is 238 g/mol. The van der Waals surface area contributed by atoms with Gasteiger partial charge in [-0.05, 0) is 19.8 Å². The Morgan fingerprint density at radius 2 is 1.95 bits per heavy atom. The highest BCUT2D eigenvalue weighted by molar-refractivity contribution is 5.13. The molecule has 1 heterocycles. The topological polar surface area (TPSA) is 64.1 Å². The molecule has 1 aliphatic rings. The molecule has 0 bridgehead atoms. The molecule has 1 atom stereocenters. The van der Waals surface area contributed by atoms with E-state index in [0.717, 1.165) is 24.9 Å². The summed E-state index contributed by atoms with van der Waals surface area (Å²) >= 11 is 0. The smallest absolute Gasteiger partial charge is 0.0888 e. The van der Waals surface area contributed by atoms with E-state index in [2.05, 4.69) is 12.0 Å². The van der Waals surface area contributed by atoms with Crippen molar-refractivity contribution in [1.82, 2.24) is 9.78 Å². The molecule has 2 rings (SSSR count). The molecule has 1 unspecified atom stereocenters. The quantitative estimate of drug-likeness (QED) is 0.879. The average molecular weight is 265 g/mol.